The Labute approximate surface area is 139 Å². The minimum Gasteiger partial charge on any atom is -0.437 e. The molecule has 0 amide bonds. The Morgan fingerprint density at radius 2 is 1.79 bits per heavy atom. The second-order valence-electron chi connectivity index (χ2n) is 5.24. The van der Waals surface area contributed by atoms with Crippen LogP contribution in [0.3, 0.4) is 0 Å². The van der Waals surface area contributed by atoms with Crippen LogP contribution in [0.25, 0.3) is 17.1 Å². The Hall–Kier alpha value is -3.15. The lowest BCUT2D eigenvalue weighted by molar-refractivity contribution is 0.121. The predicted octanol–water partition coefficient (Wildman–Crippen LogP) is 3.70. The van der Waals surface area contributed by atoms with Gasteiger partial charge in [0.1, 0.15) is 0 Å². The van der Waals surface area contributed by atoms with Crippen molar-refractivity contribution in [3.8, 4) is 22.8 Å². The van der Waals surface area contributed by atoms with Gasteiger partial charge < -0.3 is 9.47 Å². The van der Waals surface area contributed by atoms with Crippen LogP contribution in [0.2, 0.25) is 0 Å². The van der Waals surface area contributed by atoms with Crippen LogP contribution >= 0.6 is 0 Å². The van der Waals surface area contributed by atoms with Crippen LogP contribution in [-0.4, -0.2) is 28.0 Å². The maximum absolute atomic E-state index is 11.6. The van der Waals surface area contributed by atoms with E-state index in [0.29, 0.717) is 22.8 Å². The number of hydrogen-bond donors (Lipinski definition) is 0. The van der Waals surface area contributed by atoms with Gasteiger partial charge in [0.05, 0.1) is 24.2 Å². The first kappa shape index (κ1) is 15.7. The molecule has 0 fully saturated rings. The lowest BCUT2D eigenvalue weighted by Crippen LogP contribution is -2.09. The molecule has 0 radical (unpaired) electrons. The van der Waals surface area contributed by atoms with E-state index in [4.69, 9.17) is 4.74 Å². The van der Waals surface area contributed by atoms with Gasteiger partial charge in [-0.1, -0.05) is 24.3 Å². The van der Waals surface area contributed by atoms with Crippen LogP contribution in [0.1, 0.15) is 11.3 Å². The number of aryl methyl sites for hydroxylation is 1. The Morgan fingerprint density at radius 1 is 1.04 bits per heavy atom. The van der Waals surface area contributed by atoms with Crippen molar-refractivity contribution in [3.05, 3.63) is 59.9 Å². The molecule has 0 N–H and O–H groups in total. The average Bonchev–Trinajstić information content (AvgIpc) is 2.93. The first-order chi connectivity index (χ1) is 11.6. The summed E-state index contributed by atoms with van der Waals surface area (Å²) < 4.78 is 11.7. The molecule has 0 aliphatic carbocycles. The summed E-state index contributed by atoms with van der Waals surface area (Å²) in [5.74, 6) is 0.340. The minimum absolute atomic E-state index is 0.340. The molecule has 6 nitrogen and oxygen atoms in total. The van der Waals surface area contributed by atoms with Crippen molar-refractivity contribution in [1.29, 1.82) is 0 Å². The molecule has 2 heterocycles. The van der Waals surface area contributed by atoms with Crippen molar-refractivity contribution < 1.29 is 14.3 Å². The number of carbonyl (C=O) groups is 1. The van der Waals surface area contributed by atoms with Crippen LogP contribution in [0.4, 0.5) is 4.79 Å². The average molecular weight is 323 g/mol. The molecule has 6 heteroatoms. The van der Waals surface area contributed by atoms with Crippen LogP contribution in [-0.2, 0) is 4.74 Å². The summed E-state index contributed by atoms with van der Waals surface area (Å²) in [6.07, 6.45) is 0.891. The summed E-state index contributed by atoms with van der Waals surface area (Å²) in [4.78, 5) is 16.0. The number of benzene rings is 1. The van der Waals surface area contributed by atoms with Crippen LogP contribution in [0, 0.1) is 13.8 Å². The Bertz CT molecular complexity index is 872. The molecule has 0 unspecified atom stereocenters. The fraction of sp³-hybridized carbons (Fsp3) is 0.167. The van der Waals surface area contributed by atoms with Gasteiger partial charge in [-0.25, -0.2) is 9.48 Å². The van der Waals surface area contributed by atoms with Crippen molar-refractivity contribution in [1.82, 2.24) is 14.8 Å². The standard InChI is InChI=1S/C18H17N3O3/c1-12-8-7-11-19-15(12)16-17(24-18(22)23-3)13(2)21(20-16)14-9-5-4-6-10-14/h4-11H,1-3H3. The molecule has 0 bridgehead atoms. The molecule has 0 saturated heterocycles. The second-order valence-corrected chi connectivity index (χ2v) is 5.24. The number of methoxy groups -OCH3 is 1. The van der Waals surface area contributed by atoms with Crippen LogP contribution < -0.4 is 4.74 Å². The van der Waals surface area contributed by atoms with E-state index >= 15 is 0 Å². The first-order valence-electron chi connectivity index (χ1n) is 7.44. The molecule has 1 aromatic carbocycles. The number of ether oxygens (including phenoxy) is 2. The highest BCUT2D eigenvalue weighted by molar-refractivity contribution is 5.73. The van der Waals surface area contributed by atoms with Crippen molar-refractivity contribution in [2.75, 3.05) is 7.11 Å². The highest BCUT2D eigenvalue weighted by Gasteiger charge is 2.23. The lowest BCUT2D eigenvalue weighted by Gasteiger charge is -2.06. The fourth-order valence-electron chi connectivity index (χ4n) is 2.44. The number of para-hydroxylation sites is 1. The third kappa shape index (κ3) is 2.86. The zero-order valence-corrected chi connectivity index (χ0v) is 13.7. The SMILES string of the molecule is COC(=O)Oc1c(-c2ncccc2C)nn(-c2ccccc2)c1C. The highest BCUT2D eigenvalue weighted by atomic mass is 16.7. The number of pyridine rings is 1. The minimum atomic E-state index is -0.791. The van der Waals surface area contributed by atoms with Crippen molar-refractivity contribution in [2.45, 2.75) is 13.8 Å². The van der Waals surface area contributed by atoms with E-state index in [9.17, 15) is 4.79 Å². The van der Waals surface area contributed by atoms with Gasteiger partial charge in [0.25, 0.3) is 0 Å². The smallest absolute Gasteiger partial charge is 0.437 e. The van der Waals surface area contributed by atoms with E-state index in [-0.39, 0.29) is 0 Å². The number of rotatable bonds is 3. The summed E-state index contributed by atoms with van der Waals surface area (Å²) in [6.45, 7) is 3.77. The zero-order chi connectivity index (χ0) is 17.1. The summed E-state index contributed by atoms with van der Waals surface area (Å²) in [5, 5.41) is 4.62. The van der Waals surface area contributed by atoms with Gasteiger partial charge in [0, 0.05) is 6.20 Å². The van der Waals surface area contributed by atoms with Gasteiger partial charge in [-0.05, 0) is 37.6 Å². The lowest BCUT2D eigenvalue weighted by atomic mass is 10.1. The molecule has 24 heavy (non-hydrogen) atoms. The molecule has 0 atom stereocenters. The molecule has 122 valence electrons. The van der Waals surface area contributed by atoms with E-state index in [0.717, 1.165) is 11.3 Å². The molecule has 3 rings (SSSR count). The molecule has 0 aliphatic heterocycles. The van der Waals surface area contributed by atoms with Crippen molar-refractivity contribution in [3.63, 3.8) is 0 Å². The monoisotopic (exact) mass is 323 g/mol. The molecule has 2 aromatic heterocycles. The van der Waals surface area contributed by atoms with Gasteiger partial charge >= 0.3 is 6.16 Å². The Balaban J connectivity index is 2.20. The summed E-state index contributed by atoms with van der Waals surface area (Å²) in [6, 6.07) is 13.4. The summed E-state index contributed by atoms with van der Waals surface area (Å²) >= 11 is 0. The topological polar surface area (TPSA) is 66.2 Å². The van der Waals surface area contributed by atoms with Gasteiger partial charge in [0.2, 0.25) is 0 Å². The van der Waals surface area contributed by atoms with Gasteiger partial charge in [-0.15, -0.1) is 0 Å². The molecular formula is C18H17N3O3. The maximum atomic E-state index is 11.6. The van der Waals surface area contributed by atoms with Crippen molar-refractivity contribution in [2.24, 2.45) is 0 Å². The van der Waals surface area contributed by atoms with Crippen molar-refractivity contribution >= 4 is 6.16 Å². The summed E-state index contributed by atoms with van der Waals surface area (Å²) in [5.41, 5.74) is 3.65. The Kier molecular flexibility index (Phi) is 4.29. The van der Waals surface area contributed by atoms with Gasteiger partial charge in [0.15, 0.2) is 11.4 Å². The second kappa shape index (κ2) is 6.54. The number of hydrogen-bond acceptors (Lipinski definition) is 5. The van der Waals surface area contributed by atoms with Crippen LogP contribution in [0.15, 0.2) is 48.7 Å². The van der Waals surface area contributed by atoms with E-state index in [1.165, 1.54) is 7.11 Å². The number of aromatic nitrogens is 3. The Morgan fingerprint density at radius 3 is 2.46 bits per heavy atom. The van der Waals surface area contributed by atoms with E-state index in [1.54, 1.807) is 10.9 Å². The fourth-order valence-corrected chi connectivity index (χ4v) is 2.44. The quantitative estimate of drug-likeness (QED) is 0.688. The number of nitrogens with zero attached hydrogens (tertiary/aromatic N) is 3. The van der Waals surface area contributed by atoms with Crippen LogP contribution in [0.5, 0.6) is 5.75 Å². The predicted molar refractivity (Wildman–Crippen MR) is 89.3 cm³/mol. The highest BCUT2D eigenvalue weighted by Crippen LogP contribution is 2.34. The molecule has 3 aromatic rings. The molecule has 0 saturated carbocycles. The normalized spacial score (nSPS) is 10.5. The largest absolute Gasteiger partial charge is 0.513 e. The third-order valence-electron chi connectivity index (χ3n) is 3.65. The number of carbonyl (C=O) groups excluding carboxylic acids is 1. The molecule has 0 aliphatic rings. The van der Waals surface area contributed by atoms with E-state index < -0.39 is 6.16 Å². The first-order valence-corrected chi connectivity index (χ1v) is 7.44. The molecule has 0 spiro atoms. The van der Waals surface area contributed by atoms with Gasteiger partial charge in [-0.2, -0.15) is 5.10 Å². The van der Waals surface area contributed by atoms with Gasteiger partial charge in [-0.3, -0.25) is 4.98 Å². The summed E-state index contributed by atoms with van der Waals surface area (Å²) in [7, 11) is 1.27. The third-order valence-corrected chi connectivity index (χ3v) is 3.65. The van der Waals surface area contributed by atoms with E-state index in [1.807, 2.05) is 56.3 Å². The molecular weight excluding hydrogens is 306 g/mol. The zero-order valence-electron chi connectivity index (χ0n) is 13.7. The van der Waals surface area contributed by atoms with E-state index in [2.05, 4.69) is 14.8 Å². The maximum Gasteiger partial charge on any atom is 0.513 e.